The summed E-state index contributed by atoms with van der Waals surface area (Å²) in [5.74, 6) is 1.27. The second-order valence-electron chi connectivity index (χ2n) is 7.33. The van der Waals surface area contributed by atoms with Crippen molar-refractivity contribution in [1.29, 1.82) is 0 Å². The van der Waals surface area contributed by atoms with Crippen molar-refractivity contribution in [3.05, 3.63) is 83.9 Å². The molecule has 0 atom stereocenters. The molecule has 1 N–H and O–H groups in total. The number of anilines is 1. The molecule has 0 aliphatic carbocycles. The van der Waals surface area contributed by atoms with E-state index < -0.39 is 10.0 Å². The van der Waals surface area contributed by atoms with Gasteiger partial charge in [0, 0.05) is 23.0 Å². The van der Waals surface area contributed by atoms with Gasteiger partial charge in [0.1, 0.15) is 12.1 Å². The summed E-state index contributed by atoms with van der Waals surface area (Å²) in [5.41, 5.74) is 2.71. The van der Waals surface area contributed by atoms with E-state index in [-0.39, 0.29) is 10.7 Å². The van der Waals surface area contributed by atoms with E-state index in [1.165, 1.54) is 31.2 Å². The predicted molar refractivity (Wildman–Crippen MR) is 122 cm³/mol. The smallest absolute Gasteiger partial charge is 0.261 e. The van der Waals surface area contributed by atoms with E-state index in [9.17, 15) is 13.2 Å². The van der Waals surface area contributed by atoms with Gasteiger partial charge in [-0.3, -0.25) is 14.1 Å². The van der Waals surface area contributed by atoms with Gasteiger partial charge in [-0.25, -0.2) is 13.4 Å². The molecule has 2 aromatic heterocycles. The maximum Gasteiger partial charge on any atom is 0.261 e. The average Bonchev–Trinajstić information content (AvgIpc) is 3.14. The number of sulfonamides is 1. The maximum absolute atomic E-state index is 12.6. The number of carbonyl (C=O) groups is 1. The molecule has 33 heavy (non-hydrogen) atoms. The van der Waals surface area contributed by atoms with Crippen molar-refractivity contribution < 1.29 is 17.9 Å². The molecule has 0 aliphatic rings. The van der Waals surface area contributed by atoms with Crippen LogP contribution in [0.2, 0.25) is 0 Å². The van der Waals surface area contributed by atoms with E-state index in [0.29, 0.717) is 28.7 Å². The highest BCUT2D eigenvalue weighted by atomic mass is 32.2. The first-order chi connectivity index (χ1) is 15.7. The fourth-order valence-electron chi connectivity index (χ4n) is 3.02. The van der Waals surface area contributed by atoms with Crippen LogP contribution in [-0.4, -0.2) is 33.9 Å². The van der Waals surface area contributed by atoms with Crippen LogP contribution in [0.15, 0.2) is 71.9 Å². The standard InChI is InChI=1S/C23H21N5O4S/c1-15-16(2)28(14-24-15)22-12-13-23(26-25-22)32-20-8-6-19(7-9-20)27-33(30,31)21-10-4-18(5-11-21)17(3)29/h4-14,27H,1-3H3. The lowest BCUT2D eigenvalue weighted by Crippen LogP contribution is -2.13. The van der Waals surface area contributed by atoms with Gasteiger partial charge in [0.25, 0.3) is 10.0 Å². The van der Waals surface area contributed by atoms with E-state index in [1.807, 2.05) is 18.4 Å². The molecule has 0 aliphatic heterocycles. The van der Waals surface area contributed by atoms with Gasteiger partial charge in [-0.1, -0.05) is 12.1 Å². The van der Waals surface area contributed by atoms with Crippen molar-refractivity contribution in [2.45, 2.75) is 25.7 Å². The topological polar surface area (TPSA) is 116 Å². The Labute approximate surface area is 191 Å². The number of ketones is 1. The molecule has 2 heterocycles. The van der Waals surface area contributed by atoms with Crippen molar-refractivity contribution in [2.24, 2.45) is 0 Å². The summed E-state index contributed by atoms with van der Waals surface area (Å²) < 4.78 is 35.2. The number of hydrogen-bond donors (Lipinski definition) is 1. The first kappa shape index (κ1) is 22.2. The number of aryl methyl sites for hydroxylation is 1. The van der Waals surface area contributed by atoms with Gasteiger partial charge in [0.15, 0.2) is 11.6 Å². The molecular weight excluding hydrogens is 442 g/mol. The fourth-order valence-corrected chi connectivity index (χ4v) is 4.08. The number of rotatable bonds is 7. The highest BCUT2D eigenvalue weighted by molar-refractivity contribution is 7.92. The van der Waals surface area contributed by atoms with Crippen LogP contribution in [0.4, 0.5) is 5.69 Å². The minimum atomic E-state index is -3.79. The molecule has 9 nitrogen and oxygen atoms in total. The third-order valence-corrected chi connectivity index (χ3v) is 6.42. The third-order valence-electron chi connectivity index (χ3n) is 5.02. The Balaban J connectivity index is 1.43. The summed E-state index contributed by atoms with van der Waals surface area (Å²) >= 11 is 0. The van der Waals surface area contributed by atoms with Gasteiger partial charge in [-0.15, -0.1) is 10.2 Å². The molecule has 0 bridgehead atoms. The summed E-state index contributed by atoms with van der Waals surface area (Å²) in [6.07, 6.45) is 1.69. The summed E-state index contributed by atoms with van der Waals surface area (Å²) in [6.45, 7) is 5.29. The van der Waals surface area contributed by atoms with Crippen LogP contribution in [0.3, 0.4) is 0 Å². The number of ether oxygens (including phenoxy) is 1. The van der Waals surface area contributed by atoms with Crippen LogP contribution in [0.5, 0.6) is 11.6 Å². The Hall–Kier alpha value is -4.05. The summed E-state index contributed by atoms with van der Waals surface area (Å²) in [4.78, 5) is 15.7. The highest BCUT2D eigenvalue weighted by Crippen LogP contribution is 2.23. The van der Waals surface area contributed by atoms with E-state index >= 15 is 0 Å². The Bertz CT molecular complexity index is 1390. The number of carbonyl (C=O) groups excluding carboxylic acids is 1. The molecule has 10 heteroatoms. The normalized spacial score (nSPS) is 11.2. The van der Waals surface area contributed by atoms with Crippen LogP contribution in [0.1, 0.15) is 28.7 Å². The highest BCUT2D eigenvalue weighted by Gasteiger charge is 2.15. The lowest BCUT2D eigenvalue weighted by atomic mass is 10.2. The minimum Gasteiger partial charge on any atom is -0.438 e. The number of aromatic nitrogens is 4. The molecule has 0 saturated heterocycles. The Morgan fingerprint density at radius 1 is 0.939 bits per heavy atom. The summed E-state index contributed by atoms with van der Waals surface area (Å²) in [7, 11) is -3.79. The summed E-state index contributed by atoms with van der Waals surface area (Å²) in [6, 6.07) is 15.6. The van der Waals surface area contributed by atoms with Gasteiger partial charge in [0.05, 0.1) is 10.6 Å². The van der Waals surface area contributed by atoms with Gasteiger partial charge in [0.2, 0.25) is 5.88 Å². The molecule has 0 saturated carbocycles. The van der Waals surface area contributed by atoms with Gasteiger partial charge >= 0.3 is 0 Å². The Morgan fingerprint density at radius 3 is 2.18 bits per heavy atom. The number of nitrogens with zero attached hydrogens (tertiary/aromatic N) is 4. The number of hydrogen-bond acceptors (Lipinski definition) is 7. The van der Waals surface area contributed by atoms with Crippen LogP contribution in [0, 0.1) is 13.8 Å². The molecule has 4 rings (SSSR count). The van der Waals surface area contributed by atoms with Crippen LogP contribution < -0.4 is 9.46 Å². The molecule has 0 spiro atoms. The molecule has 0 fully saturated rings. The van der Waals surface area contributed by atoms with Crippen LogP contribution in [-0.2, 0) is 10.0 Å². The van der Waals surface area contributed by atoms with E-state index in [2.05, 4.69) is 19.9 Å². The zero-order valence-electron chi connectivity index (χ0n) is 18.2. The number of benzene rings is 2. The summed E-state index contributed by atoms with van der Waals surface area (Å²) in [5, 5.41) is 8.26. The predicted octanol–water partition coefficient (Wildman–Crippen LogP) is 4.07. The lowest BCUT2D eigenvalue weighted by molar-refractivity contribution is 0.101. The molecular formula is C23H21N5O4S. The van der Waals surface area contributed by atoms with Gasteiger partial charge in [-0.2, -0.15) is 0 Å². The van der Waals surface area contributed by atoms with E-state index in [4.69, 9.17) is 4.74 Å². The molecule has 0 amide bonds. The molecule has 2 aromatic carbocycles. The van der Waals surface area contributed by atoms with Crippen molar-refractivity contribution >= 4 is 21.5 Å². The largest absolute Gasteiger partial charge is 0.438 e. The average molecular weight is 464 g/mol. The third kappa shape index (κ3) is 4.90. The van der Waals surface area contributed by atoms with Crippen molar-refractivity contribution in [3.8, 4) is 17.4 Å². The second kappa shape index (κ2) is 8.83. The van der Waals surface area contributed by atoms with Crippen LogP contribution in [0.25, 0.3) is 5.82 Å². The number of Topliss-reactive ketones (excluding diaryl/α,β-unsaturated/α-hetero) is 1. The van der Waals surface area contributed by atoms with E-state index in [0.717, 1.165) is 11.4 Å². The zero-order chi connectivity index (χ0) is 23.6. The van der Waals surface area contributed by atoms with E-state index in [1.54, 1.807) is 42.7 Å². The molecule has 0 unspecified atom stereocenters. The Morgan fingerprint density at radius 2 is 1.64 bits per heavy atom. The van der Waals surface area contributed by atoms with Crippen LogP contribution >= 0.6 is 0 Å². The lowest BCUT2D eigenvalue weighted by Gasteiger charge is -2.10. The number of imidazole rings is 1. The second-order valence-corrected chi connectivity index (χ2v) is 9.01. The van der Waals surface area contributed by atoms with Gasteiger partial charge < -0.3 is 4.74 Å². The SMILES string of the molecule is CC(=O)c1ccc(S(=O)(=O)Nc2ccc(Oc3ccc(-n4cnc(C)c4C)nn3)cc2)cc1. The fraction of sp³-hybridized carbons (Fsp3) is 0.130. The van der Waals surface area contributed by atoms with Gasteiger partial charge in [-0.05, 0) is 63.2 Å². The monoisotopic (exact) mass is 463 g/mol. The first-order valence-electron chi connectivity index (χ1n) is 9.99. The number of nitrogens with one attached hydrogen (secondary N) is 1. The first-order valence-corrected chi connectivity index (χ1v) is 11.5. The Kier molecular flexibility index (Phi) is 5.93. The minimum absolute atomic E-state index is 0.0616. The quantitative estimate of drug-likeness (QED) is 0.411. The molecule has 0 radical (unpaired) electrons. The zero-order valence-corrected chi connectivity index (χ0v) is 19.0. The van der Waals surface area contributed by atoms with Crippen molar-refractivity contribution in [1.82, 2.24) is 19.7 Å². The molecule has 168 valence electrons. The van der Waals surface area contributed by atoms with Crippen molar-refractivity contribution in [2.75, 3.05) is 4.72 Å². The van der Waals surface area contributed by atoms with Crippen molar-refractivity contribution in [3.63, 3.8) is 0 Å². The maximum atomic E-state index is 12.6. The molecule has 4 aromatic rings.